The van der Waals surface area contributed by atoms with Crippen LogP contribution >= 0.6 is 0 Å². The average molecular weight is 333 g/mol. The van der Waals surface area contributed by atoms with E-state index in [-0.39, 0.29) is 10.8 Å². The van der Waals surface area contributed by atoms with Crippen LogP contribution in [0.15, 0.2) is 48.5 Å². The van der Waals surface area contributed by atoms with Gasteiger partial charge in [-0.2, -0.15) is 0 Å². The molecule has 2 fully saturated rings. The number of benzene rings is 2. The quantitative estimate of drug-likeness (QED) is 0.824. The van der Waals surface area contributed by atoms with Gasteiger partial charge in [-0.3, -0.25) is 0 Å². The number of hydrogen-bond donors (Lipinski definition) is 1. The highest BCUT2D eigenvalue weighted by atomic mass is 16.3. The largest absolute Gasteiger partial charge is 0.508 e. The topological polar surface area (TPSA) is 23.5 Å². The van der Waals surface area contributed by atoms with Crippen molar-refractivity contribution in [3.8, 4) is 5.75 Å². The Labute approximate surface area is 150 Å². The number of likely N-dealkylation sites (N-methyl/N-ethyl adjacent to an activating group) is 1. The van der Waals surface area contributed by atoms with Crippen molar-refractivity contribution in [1.82, 2.24) is 4.90 Å². The number of phenols is 1. The number of rotatable bonds is 1. The summed E-state index contributed by atoms with van der Waals surface area (Å²) in [5.41, 5.74) is 4.70. The number of fused-ring (bicyclic) bond motifs is 6. The standard InChI is InChI=1S/C23H27NO/c1-24-14-13-23(17-7-3-2-4-8-17)16-21(24)22(11-5-6-12-22)19-10-9-18(25)15-20(19)23/h2-4,7-10,15,21,25H,5-6,11-14,16H2,1H3. The summed E-state index contributed by atoms with van der Waals surface area (Å²) in [4.78, 5) is 2.63. The Hall–Kier alpha value is -1.80. The number of phenolic OH excluding ortho intramolecular Hbond substituents is 1. The fourth-order valence-corrected chi connectivity index (χ4v) is 6.30. The lowest BCUT2D eigenvalue weighted by Gasteiger charge is -2.58. The van der Waals surface area contributed by atoms with Crippen LogP contribution in [0.3, 0.4) is 0 Å². The maximum absolute atomic E-state index is 10.3. The lowest BCUT2D eigenvalue weighted by atomic mass is 9.52. The summed E-state index contributed by atoms with van der Waals surface area (Å²) < 4.78 is 0. The fourth-order valence-electron chi connectivity index (χ4n) is 6.30. The van der Waals surface area contributed by atoms with E-state index in [0.29, 0.717) is 11.8 Å². The zero-order valence-electron chi connectivity index (χ0n) is 15.0. The maximum atomic E-state index is 10.3. The van der Waals surface area contributed by atoms with Gasteiger partial charge in [0.05, 0.1) is 0 Å². The van der Waals surface area contributed by atoms with Crippen molar-refractivity contribution >= 4 is 0 Å². The van der Waals surface area contributed by atoms with Crippen molar-refractivity contribution in [3.63, 3.8) is 0 Å². The van der Waals surface area contributed by atoms with Crippen molar-refractivity contribution in [2.45, 2.75) is 55.4 Å². The zero-order chi connectivity index (χ0) is 17.1. The first-order valence-electron chi connectivity index (χ1n) is 9.76. The Kier molecular flexibility index (Phi) is 3.31. The van der Waals surface area contributed by atoms with Crippen molar-refractivity contribution in [3.05, 3.63) is 65.2 Å². The molecule has 0 radical (unpaired) electrons. The molecule has 2 nitrogen and oxygen atoms in total. The number of hydrogen-bond acceptors (Lipinski definition) is 2. The molecule has 1 aliphatic heterocycles. The van der Waals surface area contributed by atoms with Crippen LogP contribution in [0, 0.1) is 0 Å². The molecule has 2 aromatic carbocycles. The van der Waals surface area contributed by atoms with E-state index in [9.17, 15) is 5.11 Å². The summed E-state index contributed by atoms with van der Waals surface area (Å²) in [6.07, 6.45) is 7.59. The minimum Gasteiger partial charge on any atom is -0.508 e. The molecule has 1 N–H and O–H groups in total. The Morgan fingerprint density at radius 3 is 2.48 bits per heavy atom. The van der Waals surface area contributed by atoms with Gasteiger partial charge in [-0.25, -0.2) is 0 Å². The Morgan fingerprint density at radius 1 is 0.960 bits per heavy atom. The van der Waals surface area contributed by atoms with Crippen molar-refractivity contribution in [2.75, 3.05) is 13.6 Å². The molecule has 2 unspecified atom stereocenters. The summed E-state index contributed by atoms with van der Waals surface area (Å²) in [6.45, 7) is 1.14. The molecule has 3 aliphatic rings. The number of likely N-dealkylation sites (tertiary alicyclic amines) is 1. The fraction of sp³-hybridized carbons (Fsp3) is 0.478. The van der Waals surface area contributed by atoms with Gasteiger partial charge in [0.15, 0.2) is 0 Å². The molecular weight excluding hydrogens is 306 g/mol. The molecule has 0 aromatic heterocycles. The summed E-state index contributed by atoms with van der Waals surface area (Å²) in [7, 11) is 2.32. The molecule has 25 heavy (non-hydrogen) atoms. The van der Waals surface area contributed by atoms with Crippen molar-refractivity contribution in [1.29, 1.82) is 0 Å². The van der Waals surface area contributed by atoms with Crippen LogP contribution in [0.1, 0.15) is 55.2 Å². The molecule has 1 saturated heterocycles. The summed E-state index contributed by atoms with van der Waals surface area (Å²) in [5.74, 6) is 0.416. The zero-order valence-corrected chi connectivity index (χ0v) is 15.0. The van der Waals surface area contributed by atoms with E-state index in [1.165, 1.54) is 48.8 Å². The molecular formula is C23H27NO. The van der Waals surface area contributed by atoms with Crippen LogP contribution in [0.5, 0.6) is 5.75 Å². The van der Waals surface area contributed by atoms with Crippen LogP contribution in [0.4, 0.5) is 0 Å². The minimum atomic E-state index is 0.0559. The monoisotopic (exact) mass is 333 g/mol. The van der Waals surface area contributed by atoms with E-state index in [2.05, 4.69) is 54.4 Å². The Morgan fingerprint density at radius 2 is 1.72 bits per heavy atom. The molecule has 2 heteroatoms. The third-order valence-electron chi connectivity index (χ3n) is 7.48. The van der Waals surface area contributed by atoms with Crippen LogP contribution in [0.2, 0.25) is 0 Å². The number of aromatic hydroxyl groups is 1. The molecule has 2 aromatic rings. The van der Waals surface area contributed by atoms with E-state index in [1.54, 1.807) is 0 Å². The average Bonchev–Trinajstić information content (AvgIpc) is 3.13. The molecule has 130 valence electrons. The molecule has 2 aliphatic carbocycles. The number of piperidine rings is 1. The lowest BCUT2D eigenvalue weighted by Crippen LogP contribution is -2.60. The second-order valence-electron chi connectivity index (χ2n) is 8.49. The van der Waals surface area contributed by atoms with Crippen LogP contribution in [-0.4, -0.2) is 29.6 Å². The van der Waals surface area contributed by atoms with Crippen LogP contribution in [-0.2, 0) is 10.8 Å². The number of nitrogens with zero attached hydrogens (tertiary/aromatic N) is 1. The van der Waals surface area contributed by atoms with Gasteiger partial charge >= 0.3 is 0 Å². The third kappa shape index (κ3) is 2.01. The SMILES string of the molecule is CN1CCC2(c3ccccc3)CC1C1(CCCC1)c1ccc(O)cc12. The van der Waals surface area contributed by atoms with Gasteiger partial charge in [-0.15, -0.1) is 0 Å². The highest BCUT2D eigenvalue weighted by molar-refractivity contribution is 5.54. The highest BCUT2D eigenvalue weighted by Gasteiger charge is 2.57. The first-order chi connectivity index (χ1) is 12.2. The van der Waals surface area contributed by atoms with Gasteiger partial charge in [0.1, 0.15) is 5.75 Å². The van der Waals surface area contributed by atoms with Crippen molar-refractivity contribution in [2.24, 2.45) is 0 Å². The molecule has 2 atom stereocenters. The minimum absolute atomic E-state index is 0.0559. The van der Waals surface area contributed by atoms with Gasteiger partial charge in [-0.1, -0.05) is 49.2 Å². The third-order valence-corrected chi connectivity index (χ3v) is 7.48. The Bertz CT molecular complexity index is 793. The van der Waals surface area contributed by atoms with E-state index in [0.717, 1.165) is 13.0 Å². The maximum Gasteiger partial charge on any atom is 0.115 e. The first-order valence-corrected chi connectivity index (χ1v) is 9.76. The normalized spacial score (nSPS) is 30.4. The van der Waals surface area contributed by atoms with E-state index in [1.807, 2.05) is 6.07 Å². The van der Waals surface area contributed by atoms with E-state index >= 15 is 0 Å². The molecule has 0 amide bonds. The van der Waals surface area contributed by atoms with Crippen molar-refractivity contribution < 1.29 is 5.11 Å². The van der Waals surface area contributed by atoms with Crippen LogP contribution < -0.4 is 0 Å². The highest BCUT2D eigenvalue weighted by Crippen LogP contribution is 2.60. The Balaban J connectivity index is 1.80. The van der Waals surface area contributed by atoms with Gasteiger partial charge in [0, 0.05) is 16.9 Å². The second-order valence-corrected chi connectivity index (χ2v) is 8.49. The second kappa shape index (κ2) is 5.35. The van der Waals surface area contributed by atoms with Gasteiger partial charge in [0.2, 0.25) is 0 Å². The lowest BCUT2D eigenvalue weighted by molar-refractivity contribution is 0.0542. The first kappa shape index (κ1) is 15.5. The summed E-state index contributed by atoms with van der Waals surface area (Å²) >= 11 is 0. The van der Waals surface area contributed by atoms with Gasteiger partial charge in [0.25, 0.3) is 0 Å². The molecule has 1 saturated carbocycles. The molecule has 5 rings (SSSR count). The summed E-state index contributed by atoms with van der Waals surface area (Å²) in [5, 5.41) is 10.3. The summed E-state index contributed by atoms with van der Waals surface area (Å²) in [6, 6.07) is 17.9. The molecule has 1 spiro atoms. The smallest absolute Gasteiger partial charge is 0.115 e. The predicted molar refractivity (Wildman–Crippen MR) is 101 cm³/mol. The van der Waals surface area contributed by atoms with E-state index < -0.39 is 0 Å². The van der Waals surface area contributed by atoms with Gasteiger partial charge in [-0.05, 0) is 68.1 Å². The molecule has 2 bridgehead atoms. The van der Waals surface area contributed by atoms with E-state index in [4.69, 9.17) is 0 Å². The molecule has 1 heterocycles. The van der Waals surface area contributed by atoms with Gasteiger partial charge < -0.3 is 10.0 Å². The van der Waals surface area contributed by atoms with Crippen LogP contribution in [0.25, 0.3) is 0 Å². The predicted octanol–water partition coefficient (Wildman–Crippen LogP) is 4.60.